The maximum atomic E-state index is 13.0. The van der Waals surface area contributed by atoms with Crippen LogP contribution in [0.2, 0.25) is 0 Å². The number of aryl methyl sites for hydroxylation is 1. The standard InChI is InChI=1S/C24H24N4O3/c1-15-23-17(16-7-3-5-9-19(16)25-23)13-14-28(15)22(29)12-11-21-26-24(27-31-21)18-8-4-6-10-20(18)30-2/h3-10,15,25H,11-14H2,1-2H3/t15-/m0/s1. The molecular weight excluding hydrogens is 392 g/mol. The maximum Gasteiger partial charge on any atom is 0.227 e. The van der Waals surface area contributed by atoms with Gasteiger partial charge in [-0.05, 0) is 37.1 Å². The highest BCUT2D eigenvalue weighted by Crippen LogP contribution is 2.34. The van der Waals surface area contributed by atoms with Crippen LogP contribution in [0, 0.1) is 0 Å². The van der Waals surface area contributed by atoms with E-state index in [1.165, 1.54) is 10.9 Å². The number of aromatic nitrogens is 3. The van der Waals surface area contributed by atoms with Crippen LogP contribution in [0.5, 0.6) is 5.75 Å². The first-order valence-corrected chi connectivity index (χ1v) is 10.5. The number of rotatable bonds is 5. The predicted octanol–water partition coefficient (Wildman–Crippen LogP) is 4.31. The van der Waals surface area contributed by atoms with E-state index < -0.39 is 0 Å². The van der Waals surface area contributed by atoms with E-state index >= 15 is 0 Å². The second-order valence-corrected chi connectivity index (χ2v) is 7.79. The Morgan fingerprint density at radius 3 is 2.90 bits per heavy atom. The normalized spacial score (nSPS) is 15.8. The average molecular weight is 416 g/mol. The van der Waals surface area contributed by atoms with E-state index in [0.717, 1.165) is 23.2 Å². The summed E-state index contributed by atoms with van der Waals surface area (Å²) < 4.78 is 10.7. The van der Waals surface area contributed by atoms with Crippen LogP contribution >= 0.6 is 0 Å². The second-order valence-electron chi connectivity index (χ2n) is 7.79. The summed E-state index contributed by atoms with van der Waals surface area (Å²) in [5, 5.41) is 5.31. The Morgan fingerprint density at radius 1 is 1.23 bits per heavy atom. The number of hydrogen-bond donors (Lipinski definition) is 1. The molecular formula is C24H24N4O3. The molecule has 1 aliphatic rings. The molecule has 1 amide bonds. The first kappa shape index (κ1) is 19.4. The fraction of sp³-hybridized carbons (Fsp3) is 0.292. The first-order valence-electron chi connectivity index (χ1n) is 10.5. The molecule has 0 radical (unpaired) electrons. The third-order valence-electron chi connectivity index (χ3n) is 6.02. The Kier molecular flexibility index (Phi) is 4.94. The molecule has 0 spiro atoms. The molecule has 0 fully saturated rings. The van der Waals surface area contributed by atoms with E-state index in [1.54, 1.807) is 7.11 Å². The lowest BCUT2D eigenvalue weighted by Crippen LogP contribution is -2.38. The molecule has 0 saturated carbocycles. The number of carbonyl (C=O) groups excluding carboxylic acids is 1. The van der Waals surface area contributed by atoms with Gasteiger partial charge in [0.25, 0.3) is 0 Å². The zero-order valence-electron chi connectivity index (χ0n) is 17.6. The van der Waals surface area contributed by atoms with Crippen LogP contribution in [0.25, 0.3) is 22.3 Å². The van der Waals surface area contributed by atoms with Gasteiger partial charge in [0.2, 0.25) is 17.6 Å². The summed E-state index contributed by atoms with van der Waals surface area (Å²) in [6.07, 6.45) is 1.59. The molecule has 2 aromatic carbocycles. The number of nitrogens with one attached hydrogen (secondary N) is 1. The van der Waals surface area contributed by atoms with Crippen molar-refractivity contribution in [3.05, 3.63) is 65.7 Å². The van der Waals surface area contributed by atoms with E-state index in [-0.39, 0.29) is 11.9 Å². The highest BCUT2D eigenvalue weighted by molar-refractivity contribution is 5.86. The van der Waals surface area contributed by atoms with Crippen molar-refractivity contribution in [2.45, 2.75) is 32.2 Å². The zero-order chi connectivity index (χ0) is 21.4. The summed E-state index contributed by atoms with van der Waals surface area (Å²) in [6, 6.07) is 15.8. The summed E-state index contributed by atoms with van der Waals surface area (Å²) in [4.78, 5) is 22.9. The molecule has 4 aromatic rings. The molecule has 1 aliphatic heterocycles. The van der Waals surface area contributed by atoms with Crippen molar-refractivity contribution in [3.63, 3.8) is 0 Å². The fourth-order valence-electron chi connectivity index (χ4n) is 4.42. The third kappa shape index (κ3) is 3.46. The zero-order valence-corrected chi connectivity index (χ0v) is 17.6. The molecule has 0 aliphatic carbocycles. The van der Waals surface area contributed by atoms with Crippen molar-refractivity contribution in [2.24, 2.45) is 0 Å². The number of nitrogens with zero attached hydrogens (tertiary/aromatic N) is 3. The van der Waals surface area contributed by atoms with Gasteiger partial charge in [-0.15, -0.1) is 0 Å². The van der Waals surface area contributed by atoms with E-state index in [4.69, 9.17) is 9.26 Å². The molecule has 7 heteroatoms. The van der Waals surface area contributed by atoms with Crippen LogP contribution < -0.4 is 4.74 Å². The van der Waals surface area contributed by atoms with Crippen molar-refractivity contribution in [1.82, 2.24) is 20.0 Å². The van der Waals surface area contributed by atoms with Crippen LogP contribution in [0.3, 0.4) is 0 Å². The number of benzene rings is 2. The smallest absolute Gasteiger partial charge is 0.227 e. The SMILES string of the molecule is COc1ccccc1-c1noc(CCC(=O)N2CCc3c([nH]c4ccccc34)[C@@H]2C)n1. The second kappa shape index (κ2) is 7.91. The Morgan fingerprint density at radius 2 is 2.03 bits per heavy atom. The van der Waals surface area contributed by atoms with Gasteiger partial charge in [0.1, 0.15) is 5.75 Å². The van der Waals surface area contributed by atoms with E-state index in [2.05, 4.69) is 40.2 Å². The van der Waals surface area contributed by atoms with Gasteiger partial charge >= 0.3 is 0 Å². The molecule has 5 rings (SSSR count). The molecule has 0 saturated heterocycles. The van der Waals surface area contributed by atoms with Gasteiger partial charge in [0.05, 0.1) is 18.7 Å². The predicted molar refractivity (Wildman–Crippen MR) is 117 cm³/mol. The molecule has 2 aromatic heterocycles. The van der Waals surface area contributed by atoms with Crippen molar-refractivity contribution in [3.8, 4) is 17.1 Å². The summed E-state index contributed by atoms with van der Waals surface area (Å²) in [5.74, 6) is 1.69. The number of fused-ring (bicyclic) bond motifs is 3. The molecule has 1 atom stereocenters. The third-order valence-corrected chi connectivity index (χ3v) is 6.02. The topological polar surface area (TPSA) is 84.3 Å². The number of carbonyl (C=O) groups is 1. The minimum absolute atomic E-state index is 0.00970. The van der Waals surface area contributed by atoms with Crippen LogP contribution in [-0.2, 0) is 17.6 Å². The van der Waals surface area contributed by atoms with Gasteiger partial charge in [0.15, 0.2) is 0 Å². The minimum Gasteiger partial charge on any atom is -0.496 e. The number of hydrogen-bond acceptors (Lipinski definition) is 5. The molecule has 1 N–H and O–H groups in total. The highest BCUT2D eigenvalue weighted by Gasteiger charge is 2.30. The minimum atomic E-state index is 0.00970. The molecule has 31 heavy (non-hydrogen) atoms. The van der Waals surface area contributed by atoms with Crippen LogP contribution in [0.4, 0.5) is 0 Å². The fourth-order valence-corrected chi connectivity index (χ4v) is 4.42. The van der Waals surface area contributed by atoms with E-state index in [9.17, 15) is 4.79 Å². The monoisotopic (exact) mass is 416 g/mol. The summed E-state index contributed by atoms with van der Waals surface area (Å²) in [7, 11) is 1.61. The van der Waals surface area contributed by atoms with Crippen molar-refractivity contribution < 1.29 is 14.1 Å². The van der Waals surface area contributed by atoms with Crippen LogP contribution in [0.15, 0.2) is 53.1 Å². The summed E-state index contributed by atoms with van der Waals surface area (Å²) in [5.41, 5.74) is 4.35. The Bertz CT molecular complexity index is 1240. The average Bonchev–Trinajstić information content (AvgIpc) is 3.43. The number of amides is 1. The summed E-state index contributed by atoms with van der Waals surface area (Å²) in [6.45, 7) is 2.79. The molecule has 0 unspecified atom stereocenters. The number of ether oxygens (including phenoxy) is 1. The van der Waals surface area contributed by atoms with Crippen molar-refractivity contribution >= 4 is 16.8 Å². The van der Waals surface area contributed by atoms with Crippen molar-refractivity contribution in [2.75, 3.05) is 13.7 Å². The molecule has 0 bridgehead atoms. The Balaban J connectivity index is 1.28. The van der Waals surface area contributed by atoms with Crippen LogP contribution in [-0.4, -0.2) is 39.6 Å². The maximum absolute atomic E-state index is 13.0. The largest absolute Gasteiger partial charge is 0.496 e. The van der Waals surface area contributed by atoms with Gasteiger partial charge in [-0.25, -0.2) is 0 Å². The lowest BCUT2D eigenvalue weighted by atomic mass is 9.98. The van der Waals surface area contributed by atoms with Crippen LogP contribution in [0.1, 0.15) is 36.5 Å². The summed E-state index contributed by atoms with van der Waals surface area (Å²) >= 11 is 0. The van der Waals surface area contributed by atoms with Crippen molar-refractivity contribution in [1.29, 1.82) is 0 Å². The van der Waals surface area contributed by atoms with Gasteiger partial charge in [-0.3, -0.25) is 4.79 Å². The Hall–Kier alpha value is -3.61. The molecule has 7 nitrogen and oxygen atoms in total. The van der Waals surface area contributed by atoms with E-state index in [1.807, 2.05) is 35.2 Å². The molecule has 158 valence electrons. The van der Waals surface area contributed by atoms with Gasteiger partial charge in [0, 0.05) is 36.0 Å². The van der Waals surface area contributed by atoms with Gasteiger partial charge in [-0.1, -0.05) is 35.5 Å². The van der Waals surface area contributed by atoms with Gasteiger partial charge in [-0.2, -0.15) is 4.98 Å². The highest BCUT2D eigenvalue weighted by atomic mass is 16.5. The lowest BCUT2D eigenvalue weighted by Gasteiger charge is -2.33. The number of H-pyrrole nitrogens is 1. The molecule has 3 heterocycles. The number of aromatic amines is 1. The van der Waals surface area contributed by atoms with E-state index in [0.29, 0.717) is 36.9 Å². The lowest BCUT2D eigenvalue weighted by molar-refractivity contribution is -0.133. The van der Waals surface area contributed by atoms with Gasteiger partial charge < -0.3 is 19.1 Å². The Labute approximate surface area is 180 Å². The quantitative estimate of drug-likeness (QED) is 0.524. The number of para-hydroxylation sites is 2. The number of methoxy groups -OCH3 is 1. The first-order chi connectivity index (χ1) is 15.2.